The average molecular weight is 240 g/mol. The molecule has 1 rings (SSSR count). The minimum absolute atomic E-state index is 0.0213. The Morgan fingerprint density at radius 3 is 2.56 bits per heavy atom. The van der Waals surface area contributed by atoms with Gasteiger partial charge < -0.3 is 9.16 Å². The molecule has 0 saturated carbocycles. The number of hydrogen-bond acceptors (Lipinski definition) is 3. The number of carbonyl (C=O) groups is 1. The molecule has 0 amide bonds. The summed E-state index contributed by atoms with van der Waals surface area (Å²) in [5.74, 6) is 0.811. The molecule has 0 bridgehead atoms. The maximum atomic E-state index is 11.7. The molecule has 90 valence electrons. The Balaban J connectivity index is 2.64. The van der Waals surface area contributed by atoms with Crippen LogP contribution >= 0.6 is 0 Å². The number of rotatable bonds is 4. The van der Waals surface area contributed by atoms with Crippen LogP contribution in [0.15, 0.2) is 23.7 Å². The Bertz CT molecular complexity index is 324. The fourth-order valence-corrected chi connectivity index (χ4v) is 1.85. The van der Waals surface area contributed by atoms with Crippen LogP contribution in [0.5, 0.6) is 0 Å². The third-order valence-corrected chi connectivity index (χ3v) is 2.96. The predicted octanol–water partition coefficient (Wildman–Crippen LogP) is 3.01. The van der Waals surface area contributed by atoms with E-state index in [2.05, 4.69) is 19.6 Å². The van der Waals surface area contributed by atoms with Crippen molar-refractivity contribution in [2.45, 2.75) is 39.4 Å². The Hall–Kier alpha value is -1.03. The van der Waals surface area contributed by atoms with E-state index in [-0.39, 0.29) is 5.78 Å². The van der Waals surface area contributed by atoms with Crippen molar-refractivity contribution in [2.75, 3.05) is 6.61 Å². The van der Waals surface area contributed by atoms with Gasteiger partial charge in [0.25, 0.3) is 0 Å². The highest BCUT2D eigenvalue weighted by Gasteiger charge is 2.19. The topological polar surface area (TPSA) is 35.5 Å². The molecule has 0 fully saturated rings. The molecule has 0 aliphatic heterocycles. The van der Waals surface area contributed by atoms with Gasteiger partial charge in [-0.05, 0) is 33.0 Å². The quantitative estimate of drug-likeness (QED) is 0.430. The van der Waals surface area contributed by atoms with E-state index in [1.807, 2.05) is 6.92 Å². The van der Waals surface area contributed by atoms with Crippen LogP contribution in [0.3, 0.4) is 0 Å². The maximum absolute atomic E-state index is 11.7. The van der Waals surface area contributed by atoms with Gasteiger partial charge in [-0.1, -0.05) is 0 Å². The molecule has 3 nitrogen and oxygen atoms in total. The summed E-state index contributed by atoms with van der Waals surface area (Å²) in [6.07, 6.45) is 4.73. The first-order valence-corrected chi connectivity index (χ1v) is 9.08. The largest absolute Gasteiger partial charge is 0.549 e. The highest BCUT2D eigenvalue weighted by atomic mass is 28.4. The highest BCUT2D eigenvalue weighted by Crippen LogP contribution is 2.21. The van der Waals surface area contributed by atoms with Gasteiger partial charge in [-0.2, -0.15) is 0 Å². The van der Waals surface area contributed by atoms with Crippen LogP contribution in [0.25, 0.3) is 0 Å². The molecule has 0 aromatic carbocycles. The van der Waals surface area contributed by atoms with Gasteiger partial charge >= 0.3 is 0 Å². The monoisotopic (exact) mass is 240 g/mol. The number of hydrogen-bond donors (Lipinski definition) is 0. The van der Waals surface area contributed by atoms with Crippen LogP contribution < -0.4 is 0 Å². The lowest BCUT2D eigenvalue weighted by Crippen LogP contribution is -2.23. The zero-order valence-corrected chi connectivity index (χ0v) is 11.5. The van der Waals surface area contributed by atoms with Crippen molar-refractivity contribution >= 4 is 14.1 Å². The Morgan fingerprint density at radius 2 is 2.06 bits per heavy atom. The van der Waals surface area contributed by atoms with Gasteiger partial charge in [-0.3, -0.25) is 4.79 Å². The molecule has 0 aromatic heterocycles. The van der Waals surface area contributed by atoms with Gasteiger partial charge in [0.15, 0.2) is 5.78 Å². The number of allylic oxidation sites excluding steroid dienone is 3. The molecule has 0 aromatic rings. The zero-order chi connectivity index (χ0) is 12.2. The van der Waals surface area contributed by atoms with E-state index in [1.54, 1.807) is 12.3 Å². The smallest absolute Gasteiger partial charge is 0.241 e. The molecule has 0 unspecified atom stereocenters. The first-order valence-electron chi connectivity index (χ1n) is 5.67. The summed E-state index contributed by atoms with van der Waals surface area (Å²) in [6, 6.07) is 0. The predicted molar refractivity (Wildman–Crippen MR) is 66.5 cm³/mol. The summed E-state index contributed by atoms with van der Waals surface area (Å²) in [6.45, 7) is 8.82. The van der Waals surface area contributed by atoms with Gasteiger partial charge in [0.2, 0.25) is 8.32 Å². The van der Waals surface area contributed by atoms with E-state index in [0.717, 1.165) is 24.2 Å². The molecule has 0 heterocycles. The molecule has 0 atom stereocenters. The van der Waals surface area contributed by atoms with E-state index >= 15 is 0 Å². The summed E-state index contributed by atoms with van der Waals surface area (Å²) < 4.78 is 10.9. The highest BCUT2D eigenvalue weighted by molar-refractivity contribution is 6.69. The zero-order valence-electron chi connectivity index (χ0n) is 10.5. The molecule has 16 heavy (non-hydrogen) atoms. The van der Waals surface area contributed by atoms with Gasteiger partial charge in [-0.25, -0.2) is 0 Å². The van der Waals surface area contributed by atoms with Crippen molar-refractivity contribution in [3.8, 4) is 0 Å². The number of ether oxygens (including phenoxy) is 1. The first-order chi connectivity index (χ1) is 7.42. The van der Waals surface area contributed by atoms with Crippen LogP contribution in [-0.2, 0) is 14.0 Å². The van der Waals surface area contributed by atoms with Crippen LogP contribution in [0.2, 0.25) is 19.6 Å². The standard InChI is InChI=1S/C12H20O3Si/c1-5-14-11-7-6-10(12(13)8-11)9-15-16(2,3)4/h8-9H,5-7H2,1-4H3/b10-9-. The Morgan fingerprint density at radius 1 is 1.38 bits per heavy atom. The van der Waals surface area contributed by atoms with E-state index in [4.69, 9.17) is 9.16 Å². The second-order valence-electron chi connectivity index (χ2n) is 4.78. The molecule has 4 heteroatoms. The van der Waals surface area contributed by atoms with Crippen molar-refractivity contribution in [3.63, 3.8) is 0 Å². The molecule has 0 radical (unpaired) electrons. The molecule has 0 saturated heterocycles. The van der Waals surface area contributed by atoms with Gasteiger partial charge in [-0.15, -0.1) is 0 Å². The summed E-state index contributed by atoms with van der Waals surface area (Å²) in [5.41, 5.74) is 0.755. The minimum Gasteiger partial charge on any atom is -0.549 e. The van der Waals surface area contributed by atoms with Crippen LogP contribution in [0.1, 0.15) is 19.8 Å². The normalized spacial score (nSPS) is 19.6. The maximum Gasteiger partial charge on any atom is 0.241 e. The molecule has 1 aliphatic rings. The lowest BCUT2D eigenvalue weighted by atomic mass is 10.00. The first kappa shape index (κ1) is 13.0. The van der Waals surface area contributed by atoms with E-state index in [1.165, 1.54) is 0 Å². The van der Waals surface area contributed by atoms with Crippen molar-refractivity contribution < 1.29 is 14.0 Å². The summed E-state index contributed by atoms with van der Waals surface area (Å²) in [7, 11) is -1.58. The number of ketones is 1. The van der Waals surface area contributed by atoms with E-state index in [0.29, 0.717) is 6.61 Å². The minimum atomic E-state index is -1.58. The van der Waals surface area contributed by atoms with Crippen molar-refractivity contribution in [3.05, 3.63) is 23.7 Å². The second-order valence-corrected chi connectivity index (χ2v) is 9.24. The van der Waals surface area contributed by atoms with Crippen LogP contribution in [0, 0.1) is 0 Å². The van der Waals surface area contributed by atoms with Crippen molar-refractivity contribution in [1.82, 2.24) is 0 Å². The lowest BCUT2D eigenvalue weighted by Gasteiger charge is -2.19. The van der Waals surface area contributed by atoms with Gasteiger partial charge in [0.05, 0.1) is 12.9 Å². The van der Waals surface area contributed by atoms with Gasteiger partial charge in [0, 0.05) is 18.1 Å². The Labute approximate surface area is 98.3 Å². The number of carbonyl (C=O) groups excluding carboxylic acids is 1. The molecule has 1 aliphatic carbocycles. The fourth-order valence-electron chi connectivity index (χ4n) is 1.36. The molecular weight excluding hydrogens is 220 g/mol. The fraction of sp³-hybridized carbons (Fsp3) is 0.583. The van der Waals surface area contributed by atoms with E-state index in [9.17, 15) is 4.79 Å². The summed E-state index contributed by atoms with van der Waals surface area (Å²) >= 11 is 0. The lowest BCUT2D eigenvalue weighted by molar-refractivity contribution is -0.112. The van der Waals surface area contributed by atoms with Crippen molar-refractivity contribution in [1.29, 1.82) is 0 Å². The molecular formula is C12H20O3Si. The van der Waals surface area contributed by atoms with Crippen LogP contribution in [0.4, 0.5) is 0 Å². The second kappa shape index (κ2) is 5.34. The Kier molecular flexibility index (Phi) is 4.35. The average Bonchev–Trinajstić information content (AvgIpc) is 2.15. The van der Waals surface area contributed by atoms with E-state index < -0.39 is 8.32 Å². The molecule has 0 spiro atoms. The van der Waals surface area contributed by atoms with Gasteiger partial charge in [0.1, 0.15) is 5.76 Å². The van der Waals surface area contributed by atoms with Crippen molar-refractivity contribution in [2.24, 2.45) is 0 Å². The summed E-state index contributed by atoms with van der Waals surface area (Å²) in [5, 5.41) is 0. The van der Waals surface area contributed by atoms with Crippen LogP contribution in [-0.4, -0.2) is 20.7 Å². The third kappa shape index (κ3) is 4.22. The molecule has 0 N–H and O–H groups in total. The summed E-state index contributed by atoms with van der Waals surface area (Å²) in [4.78, 5) is 11.7. The third-order valence-electron chi connectivity index (χ3n) is 2.13. The SMILES string of the molecule is CCOC1=CC(=O)/C(=C\O[Si](C)(C)C)CC1.